The lowest BCUT2D eigenvalue weighted by Crippen LogP contribution is -2.10. The van der Waals surface area contributed by atoms with Gasteiger partial charge >= 0.3 is 0 Å². The van der Waals surface area contributed by atoms with Gasteiger partial charge in [-0.3, -0.25) is 9.78 Å². The summed E-state index contributed by atoms with van der Waals surface area (Å²) >= 11 is 0. The number of rotatable bonds is 4. The number of aromatic amines is 1. The van der Waals surface area contributed by atoms with Crippen LogP contribution in [0.5, 0.6) is 0 Å². The number of anilines is 1. The molecule has 0 saturated heterocycles. The molecule has 1 heterocycles. The van der Waals surface area contributed by atoms with Gasteiger partial charge in [0.25, 0.3) is 5.56 Å². The minimum atomic E-state index is -0.197. The molecule has 0 bridgehead atoms. The number of nitrogens with one attached hydrogen (secondary N) is 2. The zero-order valence-electron chi connectivity index (χ0n) is 11.0. The van der Waals surface area contributed by atoms with Crippen LogP contribution >= 0.6 is 0 Å². The standard InChI is InChI=1S/C14H16N4O/c1-3-11-4-6-12(7-5-11)9-15-18-14-16-10(2)8-13(19)17-14/h4-9H,3H2,1-2H3,(H2,16,17,18,19)/b15-9-. The Morgan fingerprint density at radius 2 is 2.11 bits per heavy atom. The molecule has 0 atom stereocenters. The molecule has 5 nitrogen and oxygen atoms in total. The van der Waals surface area contributed by atoms with E-state index in [9.17, 15) is 4.79 Å². The van der Waals surface area contributed by atoms with Gasteiger partial charge in [0.2, 0.25) is 5.95 Å². The SMILES string of the molecule is CCc1ccc(/C=N\Nc2nc(C)cc(=O)[nH]2)cc1. The molecule has 2 rings (SSSR count). The minimum absolute atomic E-state index is 0.197. The molecule has 0 unspecified atom stereocenters. The Hall–Kier alpha value is -2.43. The fraction of sp³-hybridized carbons (Fsp3) is 0.214. The number of benzene rings is 1. The molecule has 0 radical (unpaired) electrons. The van der Waals surface area contributed by atoms with Crippen LogP contribution < -0.4 is 11.0 Å². The van der Waals surface area contributed by atoms with Crippen molar-refractivity contribution in [1.82, 2.24) is 9.97 Å². The smallest absolute Gasteiger partial charge is 0.252 e. The summed E-state index contributed by atoms with van der Waals surface area (Å²) in [4.78, 5) is 17.9. The number of aryl methyl sites for hydroxylation is 2. The third kappa shape index (κ3) is 3.77. The highest BCUT2D eigenvalue weighted by molar-refractivity contribution is 5.80. The third-order valence-corrected chi connectivity index (χ3v) is 2.64. The summed E-state index contributed by atoms with van der Waals surface area (Å²) in [7, 11) is 0. The van der Waals surface area contributed by atoms with Crippen molar-refractivity contribution in [3.05, 3.63) is 57.5 Å². The summed E-state index contributed by atoms with van der Waals surface area (Å²) in [5, 5.41) is 4.04. The second kappa shape index (κ2) is 5.95. The summed E-state index contributed by atoms with van der Waals surface area (Å²) in [6.45, 7) is 3.87. The van der Waals surface area contributed by atoms with Gasteiger partial charge in [0.05, 0.1) is 6.21 Å². The first kappa shape index (κ1) is 13.0. The van der Waals surface area contributed by atoms with E-state index in [0.717, 1.165) is 12.0 Å². The number of H-pyrrole nitrogens is 1. The van der Waals surface area contributed by atoms with Crippen LogP contribution in [-0.4, -0.2) is 16.2 Å². The van der Waals surface area contributed by atoms with Crippen LogP contribution in [0.2, 0.25) is 0 Å². The average molecular weight is 256 g/mol. The van der Waals surface area contributed by atoms with E-state index in [1.54, 1.807) is 13.1 Å². The minimum Gasteiger partial charge on any atom is -0.291 e. The summed E-state index contributed by atoms with van der Waals surface area (Å²) in [6.07, 6.45) is 2.70. The molecule has 0 aliphatic carbocycles. The van der Waals surface area contributed by atoms with Crippen molar-refractivity contribution in [3.8, 4) is 0 Å². The quantitative estimate of drug-likeness (QED) is 0.650. The van der Waals surface area contributed by atoms with E-state index in [2.05, 4.69) is 39.6 Å². The highest BCUT2D eigenvalue weighted by atomic mass is 16.1. The second-order valence-corrected chi connectivity index (χ2v) is 4.20. The monoisotopic (exact) mass is 256 g/mol. The predicted octanol–water partition coefficient (Wildman–Crippen LogP) is 2.09. The number of aromatic nitrogens is 2. The normalized spacial score (nSPS) is 10.8. The van der Waals surface area contributed by atoms with Gasteiger partial charge in [0, 0.05) is 11.8 Å². The van der Waals surface area contributed by atoms with Crippen molar-refractivity contribution in [3.63, 3.8) is 0 Å². The fourth-order valence-corrected chi connectivity index (χ4v) is 1.64. The Kier molecular flexibility index (Phi) is 4.07. The van der Waals surface area contributed by atoms with Gasteiger partial charge in [0.1, 0.15) is 0 Å². The zero-order chi connectivity index (χ0) is 13.7. The van der Waals surface area contributed by atoms with E-state index < -0.39 is 0 Å². The van der Waals surface area contributed by atoms with Gasteiger partial charge in [0.15, 0.2) is 0 Å². The number of nitrogens with zero attached hydrogens (tertiary/aromatic N) is 2. The Balaban J connectivity index is 2.04. The molecular weight excluding hydrogens is 240 g/mol. The molecule has 1 aromatic heterocycles. The molecular formula is C14H16N4O. The van der Waals surface area contributed by atoms with E-state index in [4.69, 9.17) is 0 Å². The van der Waals surface area contributed by atoms with Crippen LogP contribution in [0, 0.1) is 6.92 Å². The Morgan fingerprint density at radius 1 is 1.37 bits per heavy atom. The molecule has 1 aromatic carbocycles. The largest absolute Gasteiger partial charge is 0.291 e. The number of hydrazone groups is 1. The Labute approximate surface area is 111 Å². The van der Waals surface area contributed by atoms with Crippen LogP contribution in [0.25, 0.3) is 0 Å². The molecule has 19 heavy (non-hydrogen) atoms. The van der Waals surface area contributed by atoms with Crippen molar-refractivity contribution in [1.29, 1.82) is 0 Å². The Morgan fingerprint density at radius 3 is 2.74 bits per heavy atom. The molecule has 0 spiro atoms. The second-order valence-electron chi connectivity index (χ2n) is 4.20. The molecule has 0 fully saturated rings. The fourth-order valence-electron chi connectivity index (χ4n) is 1.64. The van der Waals surface area contributed by atoms with Crippen LogP contribution in [0.15, 0.2) is 40.2 Å². The number of hydrogen-bond donors (Lipinski definition) is 2. The highest BCUT2D eigenvalue weighted by Gasteiger charge is 1.95. The van der Waals surface area contributed by atoms with Crippen molar-refractivity contribution in [2.75, 3.05) is 5.43 Å². The lowest BCUT2D eigenvalue weighted by molar-refractivity contribution is 1.04. The molecule has 98 valence electrons. The van der Waals surface area contributed by atoms with Crippen molar-refractivity contribution in [2.45, 2.75) is 20.3 Å². The van der Waals surface area contributed by atoms with E-state index in [-0.39, 0.29) is 5.56 Å². The molecule has 2 aromatic rings. The third-order valence-electron chi connectivity index (χ3n) is 2.64. The van der Waals surface area contributed by atoms with Gasteiger partial charge in [-0.2, -0.15) is 5.10 Å². The molecule has 0 saturated carbocycles. The maximum atomic E-state index is 11.2. The first-order valence-corrected chi connectivity index (χ1v) is 6.13. The van der Waals surface area contributed by atoms with E-state index in [1.165, 1.54) is 11.6 Å². The van der Waals surface area contributed by atoms with E-state index in [1.807, 2.05) is 12.1 Å². The van der Waals surface area contributed by atoms with Crippen molar-refractivity contribution in [2.24, 2.45) is 5.10 Å². The van der Waals surface area contributed by atoms with Gasteiger partial charge in [-0.25, -0.2) is 10.4 Å². The van der Waals surface area contributed by atoms with Crippen molar-refractivity contribution >= 4 is 12.2 Å². The predicted molar refractivity (Wildman–Crippen MR) is 76.6 cm³/mol. The molecule has 2 N–H and O–H groups in total. The lowest BCUT2D eigenvalue weighted by atomic mass is 10.1. The van der Waals surface area contributed by atoms with Crippen LogP contribution in [0.1, 0.15) is 23.7 Å². The van der Waals surface area contributed by atoms with E-state index in [0.29, 0.717) is 11.6 Å². The highest BCUT2D eigenvalue weighted by Crippen LogP contribution is 2.03. The zero-order valence-corrected chi connectivity index (χ0v) is 11.0. The molecule has 0 aliphatic heterocycles. The number of hydrogen-bond acceptors (Lipinski definition) is 4. The van der Waals surface area contributed by atoms with Crippen molar-refractivity contribution < 1.29 is 0 Å². The summed E-state index contributed by atoms with van der Waals surface area (Å²) in [5.74, 6) is 0.339. The van der Waals surface area contributed by atoms with Gasteiger partial charge < -0.3 is 0 Å². The maximum Gasteiger partial charge on any atom is 0.252 e. The van der Waals surface area contributed by atoms with Crippen LogP contribution in [0.4, 0.5) is 5.95 Å². The summed E-state index contributed by atoms with van der Waals surface area (Å²) in [5.41, 5.74) is 5.43. The summed E-state index contributed by atoms with van der Waals surface area (Å²) in [6, 6.07) is 9.55. The topological polar surface area (TPSA) is 70.1 Å². The lowest BCUT2D eigenvalue weighted by Gasteiger charge is -2.00. The first-order chi connectivity index (χ1) is 9.17. The molecule has 5 heteroatoms. The molecule has 0 aliphatic rings. The molecule has 0 amide bonds. The van der Waals surface area contributed by atoms with Gasteiger partial charge in [-0.1, -0.05) is 31.2 Å². The van der Waals surface area contributed by atoms with Gasteiger partial charge in [-0.15, -0.1) is 0 Å². The van der Waals surface area contributed by atoms with Crippen LogP contribution in [-0.2, 0) is 6.42 Å². The van der Waals surface area contributed by atoms with Crippen LogP contribution in [0.3, 0.4) is 0 Å². The average Bonchev–Trinajstić information content (AvgIpc) is 2.38. The first-order valence-electron chi connectivity index (χ1n) is 6.13. The van der Waals surface area contributed by atoms with Gasteiger partial charge in [-0.05, 0) is 24.5 Å². The van der Waals surface area contributed by atoms with E-state index >= 15 is 0 Å². The maximum absolute atomic E-state index is 11.2. The Bertz CT molecular complexity index is 629. The summed E-state index contributed by atoms with van der Waals surface area (Å²) < 4.78 is 0.